The summed E-state index contributed by atoms with van der Waals surface area (Å²) < 4.78 is 0. The first-order chi connectivity index (χ1) is 9.69. The number of nitrogens with zero attached hydrogens (tertiary/aromatic N) is 1. The van der Waals surface area contributed by atoms with Crippen molar-refractivity contribution in [3.05, 3.63) is 45.9 Å². The summed E-state index contributed by atoms with van der Waals surface area (Å²) in [6, 6.07) is 7.25. The van der Waals surface area contributed by atoms with Gasteiger partial charge in [0.2, 0.25) is 5.91 Å². The molecule has 0 spiro atoms. The lowest BCUT2D eigenvalue weighted by Crippen LogP contribution is -2.15. The molecular formula is C14H16N2O2S2. The molecule has 0 saturated carbocycles. The molecule has 1 amide bonds. The molecule has 0 bridgehead atoms. The van der Waals surface area contributed by atoms with Crippen molar-refractivity contribution in [3.63, 3.8) is 0 Å². The topological polar surface area (TPSA) is 62.2 Å². The Labute approximate surface area is 126 Å². The smallest absolute Gasteiger partial charge is 0.234 e. The van der Waals surface area contributed by atoms with E-state index in [9.17, 15) is 9.90 Å². The maximum Gasteiger partial charge on any atom is 0.234 e. The SMILES string of the molecule is Cc1nc(CSCC(=O)Nc2ccccc2CO)cs1. The van der Waals surface area contributed by atoms with E-state index < -0.39 is 0 Å². The monoisotopic (exact) mass is 308 g/mol. The minimum absolute atomic E-state index is 0.0668. The van der Waals surface area contributed by atoms with Gasteiger partial charge in [-0.3, -0.25) is 4.79 Å². The summed E-state index contributed by atoms with van der Waals surface area (Å²) in [6.45, 7) is 1.89. The molecule has 0 fully saturated rings. The number of thiazole rings is 1. The third-order valence-electron chi connectivity index (χ3n) is 2.61. The van der Waals surface area contributed by atoms with Gasteiger partial charge in [-0.25, -0.2) is 4.98 Å². The van der Waals surface area contributed by atoms with Gasteiger partial charge in [0.15, 0.2) is 0 Å². The maximum absolute atomic E-state index is 11.8. The van der Waals surface area contributed by atoms with Gasteiger partial charge >= 0.3 is 0 Å². The number of thioether (sulfide) groups is 1. The van der Waals surface area contributed by atoms with E-state index in [0.29, 0.717) is 11.4 Å². The second-order valence-electron chi connectivity index (χ2n) is 4.21. The number of hydrogen-bond donors (Lipinski definition) is 2. The molecule has 1 aromatic heterocycles. The minimum atomic E-state index is -0.0816. The normalized spacial score (nSPS) is 10.5. The summed E-state index contributed by atoms with van der Waals surface area (Å²) in [5.41, 5.74) is 2.41. The second-order valence-corrected chi connectivity index (χ2v) is 6.26. The first kappa shape index (κ1) is 15.0. The predicted molar refractivity (Wildman–Crippen MR) is 84.0 cm³/mol. The Morgan fingerprint density at radius 1 is 1.45 bits per heavy atom. The van der Waals surface area contributed by atoms with Crippen molar-refractivity contribution in [2.45, 2.75) is 19.3 Å². The van der Waals surface area contributed by atoms with Crippen LogP contribution in [0.25, 0.3) is 0 Å². The molecule has 0 aliphatic heterocycles. The van der Waals surface area contributed by atoms with Gasteiger partial charge in [-0.1, -0.05) is 18.2 Å². The number of aliphatic hydroxyl groups is 1. The number of para-hydroxylation sites is 1. The van der Waals surface area contributed by atoms with Crippen molar-refractivity contribution in [2.24, 2.45) is 0 Å². The Morgan fingerprint density at radius 3 is 2.95 bits per heavy atom. The van der Waals surface area contributed by atoms with Crippen molar-refractivity contribution < 1.29 is 9.90 Å². The summed E-state index contributed by atoms with van der Waals surface area (Å²) >= 11 is 3.15. The Morgan fingerprint density at radius 2 is 2.25 bits per heavy atom. The number of rotatable bonds is 6. The minimum Gasteiger partial charge on any atom is -0.392 e. The van der Waals surface area contributed by atoms with Crippen LogP contribution in [0.1, 0.15) is 16.3 Å². The van der Waals surface area contributed by atoms with Crippen LogP contribution in [0.5, 0.6) is 0 Å². The highest BCUT2D eigenvalue weighted by Crippen LogP contribution is 2.17. The highest BCUT2D eigenvalue weighted by atomic mass is 32.2. The van der Waals surface area contributed by atoms with E-state index in [1.807, 2.05) is 24.4 Å². The molecule has 1 heterocycles. The standard InChI is InChI=1S/C14H16N2O2S2/c1-10-15-12(8-20-10)7-19-9-14(18)16-13-5-3-2-4-11(13)6-17/h2-5,8,17H,6-7,9H2,1H3,(H,16,18). The second kappa shape index (κ2) is 7.42. The summed E-state index contributed by atoms with van der Waals surface area (Å²) in [5.74, 6) is 1.04. The third kappa shape index (κ3) is 4.33. The van der Waals surface area contributed by atoms with Gasteiger partial charge < -0.3 is 10.4 Å². The number of nitrogens with one attached hydrogen (secondary N) is 1. The fraction of sp³-hybridized carbons (Fsp3) is 0.286. The molecule has 0 unspecified atom stereocenters. The molecule has 0 aliphatic carbocycles. The molecule has 1 aromatic carbocycles. The summed E-state index contributed by atoms with van der Waals surface area (Å²) in [5, 5.41) is 15.1. The number of amides is 1. The van der Waals surface area contributed by atoms with E-state index in [2.05, 4.69) is 10.3 Å². The van der Waals surface area contributed by atoms with E-state index in [1.165, 1.54) is 11.8 Å². The zero-order valence-electron chi connectivity index (χ0n) is 11.1. The van der Waals surface area contributed by atoms with Crippen molar-refractivity contribution in [2.75, 3.05) is 11.1 Å². The molecule has 0 aliphatic rings. The van der Waals surface area contributed by atoms with Gasteiger partial charge in [0.05, 0.1) is 23.1 Å². The van der Waals surface area contributed by atoms with Crippen LogP contribution in [0.15, 0.2) is 29.6 Å². The van der Waals surface area contributed by atoms with Crippen molar-refractivity contribution in [3.8, 4) is 0 Å². The molecule has 2 N–H and O–H groups in total. The van der Waals surface area contributed by atoms with Gasteiger partial charge in [-0.15, -0.1) is 23.1 Å². The van der Waals surface area contributed by atoms with Crippen molar-refractivity contribution in [1.82, 2.24) is 4.98 Å². The number of anilines is 1. The van der Waals surface area contributed by atoms with Crippen LogP contribution < -0.4 is 5.32 Å². The average Bonchev–Trinajstić information content (AvgIpc) is 2.85. The van der Waals surface area contributed by atoms with E-state index in [1.54, 1.807) is 23.5 Å². The fourth-order valence-electron chi connectivity index (χ4n) is 1.69. The van der Waals surface area contributed by atoms with E-state index in [-0.39, 0.29) is 12.5 Å². The largest absolute Gasteiger partial charge is 0.392 e. The van der Waals surface area contributed by atoms with Crippen LogP contribution in [0, 0.1) is 6.92 Å². The van der Waals surface area contributed by atoms with Gasteiger partial charge in [0.25, 0.3) is 0 Å². The number of benzene rings is 1. The molecule has 4 nitrogen and oxygen atoms in total. The van der Waals surface area contributed by atoms with E-state index in [4.69, 9.17) is 0 Å². The van der Waals surface area contributed by atoms with Gasteiger partial charge in [-0.05, 0) is 13.0 Å². The van der Waals surface area contributed by atoms with Crippen LogP contribution in [-0.2, 0) is 17.2 Å². The lowest BCUT2D eigenvalue weighted by atomic mass is 10.2. The maximum atomic E-state index is 11.8. The molecule has 106 valence electrons. The number of aromatic nitrogens is 1. The lowest BCUT2D eigenvalue weighted by Gasteiger charge is -2.08. The zero-order chi connectivity index (χ0) is 14.4. The summed E-state index contributed by atoms with van der Waals surface area (Å²) in [4.78, 5) is 16.2. The molecule has 0 atom stereocenters. The van der Waals surface area contributed by atoms with Crippen LogP contribution in [0.3, 0.4) is 0 Å². The van der Waals surface area contributed by atoms with Gasteiger partial charge in [0, 0.05) is 22.4 Å². The van der Waals surface area contributed by atoms with Gasteiger partial charge in [0.1, 0.15) is 0 Å². The number of carbonyl (C=O) groups excluding carboxylic acids is 1. The van der Waals surface area contributed by atoms with E-state index in [0.717, 1.165) is 22.0 Å². The molecular weight excluding hydrogens is 292 g/mol. The Hall–Kier alpha value is -1.37. The van der Waals surface area contributed by atoms with Gasteiger partial charge in [-0.2, -0.15) is 0 Å². The zero-order valence-corrected chi connectivity index (χ0v) is 12.8. The third-order valence-corrected chi connectivity index (χ3v) is 4.40. The highest BCUT2D eigenvalue weighted by molar-refractivity contribution is 7.99. The first-order valence-electron chi connectivity index (χ1n) is 6.16. The highest BCUT2D eigenvalue weighted by Gasteiger charge is 2.07. The predicted octanol–water partition coefficient (Wildman–Crippen LogP) is 2.82. The molecule has 0 radical (unpaired) electrons. The Balaban J connectivity index is 1.80. The molecule has 2 aromatic rings. The van der Waals surface area contributed by atoms with Crippen LogP contribution in [0.2, 0.25) is 0 Å². The number of carbonyl (C=O) groups is 1. The quantitative estimate of drug-likeness (QED) is 0.861. The number of hydrogen-bond acceptors (Lipinski definition) is 5. The number of aryl methyl sites for hydroxylation is 1. The lowest BCUT2D eigenvalue weighted by molar-refractivity contribution is -0.113. The van der Waals surface area contributed by atoms with Crippen molar-refractivity contribution in [1.29, 1.82) is 0 Å². The Bertz CT molecular complexity index is 584. The summed E-state index contributed by atoms with van der Waals surface area (Å²) in [7, 11) is 0. The first-order valence-corrected chi connectivity index (χ1v) is 8.20. The van der Waals surface area contributed by atoms with Crippen LogP contribution in [-0.4, -0.2) is 21.8 Å². The molecule has 20 heavy (non-hydrogen) atoms. The van der Waals surface area contributed by atoms with Crippen molar-refractivity contribution >= 4 is 34.7 Å². The van der Waals surface area contributed by atoms with E-state index >= 15 is 0 Å². The van der Waals surface area contributed by atoms with Crippen LogP contribution in [0.4, 0.5) is 5.69 Å². The number of aliphatic hydroxyl groups excluding tert-OH is 1. The molecule has 0 saturated heterocycles. The average molecular weight is 308 g/mol. The molecule has 6 heteroatoms. The Kier molecular flexibility index (Phi) is 5.58. The molecule has 2 rings (SSSR count). The fourth-order valence-corrected chi connectivity index (χ4v) is 3.12. The summed E-state index contributed by atoms with van der Waals surface area (Å²) in [6.07, 6.45) is 0. The van der Waals surface area contributed by atoms with Crippen LogP contribution >= 0.6 is 23.1 Å².